The van der Waals surface area contributed by atoms with Gasteiger partial charge in [0.2, 0.25) is 11.8 Å². The van der Waals surface area contributed by atoms with Gasteiger partial charge in [-0.05, 0) is 37.6 Å². The van der Waals surface area contributed by atoms with Crippen molar-refractivity contribution in [3.8, 4) is 0 Å². The molecule has 1 aromatic carbocycles. The number of nitrogens with zero attached hydrogens (tertiary/aromatic N) is 2. The van der Waals surface area contributed by atoms with Crippen LogP contribution >= 0.6 is 0 Å². The summed E-state index contributed by atoms with van der Waals surface area (Å²) in [6.07, 6.45) is 3.49. The average molecular weight is 309 g/mol. The maximum absolute atomic E-state index is 12.4. The lowest BCUT2D eigenvalue weighted by atomic mass is 10.1. The molecule has 1 unspecified atom stereocenters. The van der Waals surface area contributed by atoms with Crippen LogP contribution in [0.25, 0.3) is 0 Å². The maximum Gasteiger partial charge on any atom is 0.229 e. The minimum absolute atomic E-state index is 0.00756. The molecule has 1 aromatic heterocycles. The van der Waals surface area contributed by atoms with Gasteiger partial charge < -0.3 is 10.2 Å². The van der Waals surface area contributed by atoms with E-state index in [4.69, 9.17) is 0 Å². The number of hydrogen-bond acceptors (Lipinski definition) is 3. The van der Waals surface area contributed by atoms with Crippen LogP contribution in [0.2, 0.25) is 0 Å². The summed E-state index contributed by atoms with van der Waals surface area (Å²) in [7, 11) is 0. The van der Waals surface area contributed by atoms with Crippen molar-refractivity contribution in [2.45, 2.75) is 20.3 Å². The van der Waals surface area contributed by atoms with E-state index in [0.29, 0.717) is 12.2 Å². The molecule has 0 aliphatic carbocycles. The van der Waals surface area contributed by atoms with Gasteiger partial charge in [0.1, 0.15) is 0 Å². The molecule has 1 N–H and O–H groups in total. The van der Waals surface area contributed by atoms with Crippen LogP contribution in [0.5, 0.6) is 0 Å². The number of amides is 2. The van der Waals surface area contributed by atoms with Gasteiger partial charge in [0.15, 0.2) is 0 Å². The molecule has 1 aliphatic rings. The third-order valence-electron chi connectivity index (χ3n) is 4.09. The SMILES string of the molecule is Cc1ccc(N2CC(C(=O)Nc3ccncc3)CC2=O)c(C)c1. The molecule has 2 heterocycles. The van der Waals surface area contributed by atoms with Crippen LogP contribution in [0, 0.1) is 19.8 Å². The highest BCUT2D eigenvalue weighted by Gasteiger charge is 2.35. The molecular formula is C18H19N3O2. The van der Waals surface area contributed by atoms with E-state index in [1.165, 1.54) is 0 Å². The predicted molar refractivity (Wildman–Crippen MR) is 89.2 cm³/mol. The van der Waals surface area contributed by atoms with E-state index in [0.717, 1.165) is 16.8 Å². The molecule has 2 aromatic rings. The molecule has 1 fully saturated rings. The topological polar surface area (TPSA) is 62.3 Å². The number of nitrogens with one attached hydrogen (secondary N) is 1. The van der Waals surface area contributed by atoms with Gasteiger partial charge >= 0.3 is 0 Å². The Kier molecular flexibility index (Phi) is 4.10. The van der Waals surface area contributed by atoms with E-state index >= 15 is 0 Å². The van der Waals surface area contributed by atoms with Crippen molar-refractivity contribution >= 4 is 23.2 Å². The normalized spacial score (nSPS) is 17.4. The first-order chi connectivity index (χ1) is 11.0. The van der Waals surface area contributed by atoms with Crippen LogP contribution in [0.3, 0.4) is 0 Å². The Bertz CT molecular complexity index is 743. The first-order valence-electron chi connectivity index (χ1n) is 7.63. The number of hydrogen-bond donors (Lipinski definition) is 1. The van der Waals surface area contributed by atoms with Gasteiger partial charge in [-0.25, -0.2) is 0 Å². The second kappa shape index (κ2) is 6.20. The maximum atomic E-state index is 12.4. The molecule has 1 aliphatic heterocycles. The second-order valence-electron chi connectivity index (χ2n) is 5.92. The Balaban J connectivity index is 1.73. The summed E-state index contributed by atoms with van der Waals surface area (Å²) in [6, 6.07) is 9.45. The zero-order valence-electron chi connectivity index (χ0n) is 13.2. The third kappa shape index (κ3) is 3.23. The number of carbonyl (C=O) groups is 2. The molecular weight excluding hydrogens is 290 g/mol. The van der Waals surface area contributed by atoms with Crippen LogP contribution in [0.4, 0.5) is 11.4 Å². The smallest absolute Gasteiger partial charge is 0.229 e. The molecule has 5 heteroatoms. The van der Waals surface area contributed by atoms with Gasteiger partial charge in [-0.15, -0.1) is 0 Å². The van der Waals surface area contributed by atoms with Crippen LogP contribution < -0.4 is 10.2 Å². The summed E-state index contributed by atoms with van der Waals surface area (Å²) in [4.78, 5) is 30.3. The first kappa shape index (κ1) is 15.2. The van der Waals surface area contributed by atoms with Gasteiger partial charge in [0.25, 0.3) is 0 Å². The molecule has 118 valence electrons. The number of aryl methyl sites for hydroxylation is 2. The van der Waals surface area contributed by atoms with Gasteiger partial charge in [-0.2, -0.15) is 0 Å². The monoisotopic (exact) mass is 309 g/mol. The summed E-state index contributed by atoms with van der Waals surface area (Å²) in [5.41, 5.74) is 3.79. The summed E-state index contributed by atoms with van der Waals surface area (Å²) in [5, 5.41) is 2.84. The van der Waals surface area contributed by atoms with Crippen molar-refractivity contribution < 1.29 is 9.59 Å². The molecule has 0 bridgehead atoms. The van der Waals surface area contributed by atoms with Gasteiger partial charge in [0.05, 0.1) is 5.92 Å². The van der Waals surface area contributed by atoms with Crippen molar-refractivity contribution in [3.63, 3.8) is 0 Å². The number of aromatic nitrogens is 1. The highest BCUT2D eigenvalue weighted by molar-refractivity contribution is 6.03. The first-order valence-corrected chi connectivity index (χ1v) is 7.63. The molecule has 2 amide bonds. The number of benzene rings is 1. The number of pyridine rings is 1. The Labute approximate surface area is 135 Å². The lowest BCUT2D eigenvalue weighted by molar-refractivity contribution is -0.122. The highest BCUT2D eigenvalue weighted by Crippen LogP contribution is 2.29. The zero-order valence-corrected chi connectivity index (χ0v) is 13.2. The van der Waals surface area contributed by atoms with Crippen LogP contribution in [0.1, 0.15) is 17.5 Å². The summed E-state index contributed by atoms with van der Waals surface area (Å²) in [5.74, 6) is -0.472. The number of carbonyl (C=O) groups excluding carboxylic acids is 2. The van der Waals surface area contributed by atoms with Gasteiger partial charge in [-0.3, -0.25) is 14.6 Å². The number of anilines is 2. The van der Waals surface area contributed by atoms with Crippen LogP contribution in [-0.4, -0.2) is 23.3 Å². The summed E-state index contributed by atoms with van der Waals surface area (Å²) >= 11 is 0. The Morgan fingerprint density at radius 2 is 1.96 bits per heavy atom. The summed E-state index contributed by atoms with van der Waals surface area (Å²) < 4.78 is 0. The minimum Gasteiger partial charge on any atom is -0.326 e. The van der Waals surface area contributed by atoms with Crippen LogP contribution in [-0.2, 0) is 9.59 Å². The van der Waals surface area contributed by atoms with Gasteiger partial charge in [0, 0.05) is 36.7 Å². The fraction of sp³-hybridized carbons (Fsp3) is 0.278. The third-order valence-corrected chi connectivity index (χ3v) is 4.09. The van der Waals surface area contributed by atoms with E-state index < -0.39 is 0 Å². The van der Waals surface area contributed by atoms with Crippen molar-refractivity contribution in [1.82, 2.24) is 4.98 Å². The Hall–Kier alpha value is -2.69. The Morgan fingerprint density at radius 1 is 1.22 bits per heavy atom. The van der Waals surface area contributed by atoms with E-state index in [1.54, 1.807) is 29.4 Å². The molecule has 23 heavy (non-hydrogen) atoms. The molecule has 0 saturated carbocycles. The molecule has 5 nitrogen and oxygen atoms in total. The minimum atomic E-state index is -0.337. The fourth-order valence-electron chi connectivity index (χ4n) is 2.90. The van der Waals surface area contributed by atoms with Crippen molar-refractivity contribution in [1.29, 1.82) is 0 Å². The van der Waals surface area contributed by atoms with E-state index in [1.807, 2.05) is 32.0 Å². The standard InChI is InChI=1S/C18H19N3O2/c1-12-3-4-16(13(2)9-12)21-11-14(10-17(21)22)18(23)20-15-5-7-19-8-6-15/h3-9,14H,10-11H2,1-2H3,(H,19,20,23). The largest absolute Gasteiger partial charge is 0.326 e. The molecule has 0 spiro atoms. The van der Waals surface area contributed by atoms with E-state index in [9.17, 15) is 9.59 Å². The number of rotatable bonds is 3. The van der Waals surface area contributed by atoms with Crippen LogP contribution in [0.15, 0.2) is 42.7 Å². The van der Waals surface area contributed by atoms with E-state index in [2.05, 4.69) is 10.3 Å². The van der Waals surface area contributed by atoms with Crippen molar-refractivity contribution in [2.75, 3.05) is 16.8 Å². The molecule has 1 saturated heterocycles. The second-order valence-corrected chi connectivity index (χ2v) is 5.92. The molecule has 1 atom stereocenters. The Morgan fingerprint density at radius 3 is 2.65 bits per heavy atom. The fourth-order valence-corrected chi connectivity index (χ4v) is 2.90. The molecule has 3 rings (SSSR count). The zero-order chi connectivity index (χ0) is 16.4. The van der Waals surface area contributed by atoms with Crippen molar-refractivity contribution in [2.24, 2.45) is 5.92 Å². The lowest BCUT2D eigenvalue weighted by Gasteiger charge is -2.19. The predicted octanol–water partition coefficient (Wildman–Crippen LogP) is 2.69. The molecule has 0 radical (unpaired) electrons. The summed E-state index contributed by atoms with van der Waals surface area (Å²) in [6.45, 7) is 4.42. The lowest BCUT2D eigenvalue weighted by Crippen LogP contribution is -2.28. The highest BCUT2D eigenvalue weighted by atomic mass is 16.2. The van der Waals surface area contributed by atoms with Gasteiger partial charge in [-0.1, -0.05) is 17.7 Å². The quantitative estimate of drug-likeness (QED) is 0.948. The van der Waals surface area contributed by atoms with Crippen molar-refractivity contribution in [3.05, 3.63) is 53.9 Å². The van der Waals surface area contributed by atoms with E-state index in [-0.39, 0.29) is 24.2 Å². The average Bonchev–Trinajstić information content (AvgIpc) is 2.90.